The molecule has 2 aromatic rings. The molecule has 2 rings (SSSR count). The summed E-state index contributed by atoms with van der Waals surface area (Å²) in [7, 11) is -3.65. The van der Waals surface area contributed by atoms with Crippen molar-refractivity contribution in [2.24, 2.45) is 0 Å². The van der Waals surface area contributed by atoms with E-state index in [0.29, 0.717) is 14.6 Å². The van der Waals surface area contributed by atoms with Gasteiger partial charge in [-0.3, -0.25) is 4.72 Å². The molecule has 0 bridgehead atoms. The summed E-state index contributed by atoms with van der Waals surface area (Å²) in [6, 6.07) is 10.5. The molecule has 0 fully saturated rings. The molecule has 0 aliphatic rings. The fourth-order valence-corrected chi connectivity index (χ4v) is 4.85. The van der Waals surface area contributed by atoms with Crippen LogP contribution in [0.15, 0.2) is 54.7 Å². The van der Waals surface area contributed by atoms with Gasteiger partial charge in [0.25, 0.3) is 10.0 Å². The molecule has 0 unspecified atom stereocenters. The second-order valence-electron chi connectivity index (χ2n) is 4.34. The van der Waals surface area contributed by atoms with Gasteiger partial charge in [0.1, 0.15) is 4.90 Å². The Balaban J connectivity index is 2.45. The third kappa shape index (κ3) is 4.09. The van der Waals surface area contributed by atoms with Gasteiger partial charge >= 0.3 is 0 Å². The van der Waals surface area contributed by atoms with Crippen LogP contribution in [0.5, 0.6) is 0 Å². The monoisotopic (exact) mass is 495 g/mol. The lowest BCUT2D eigenvalue weighted by Gasteiger charge is -2.13. The summed E-state index contributed by atoms with van der Waals surface area (Å²) < 4.78 is 29.9. The van der Waals surface area contributed by atoms with E-state index in [2.05, 4.69) is 52.5 Å². The van der Waals surface area contributed by atoms with E-state index in [1.807, 2.05) is 19.1 Å². The van der Waals surface area contributed by atoms with Crippen LogP contribution >= 0.6 is 47.8 Å². The number of sulfonamides is 1. The van der Waals surface area contributed by atoms with E-state index < -0.39 is 10.0 Å². The van der Waals surface area contributed by atoms with E-state index >= 15 is 0 Å². The summed E-state index contributed by atoms with van der Waals surface area (Å²) in [5.41, 5.74) is 1.52. The number of aryl methyl sites for hydroxylation is 1. The lowest BCUT2D eigenvalue weighted by Crippen LogP contribution is -2.14. The predicted molar refractivity (Wildman–Crippen MR) is 96.2 cm³/mol. The Morgan fingerprint density at radius 3 is 2.29 bits per heavy atom. The first-order valence-electron chi connectivity index (χ1n) is 6.10. The molecular weight excluding hydrogens is 486 g/mol. The molecule has 0 aliphatic carbocycles. The van der Waals surface area contributed by atoms with E-state index in [-0.39, 0.29) is 4.90 Å². The normalized spacial score (nSPS) is 11.4. The molecule has 0 saturated carbocycles. The molecule has 2 aromatic carbocycles. The highest BCUT2D eigenvalue weighted by Gasteiger charge is 2.19. The van der Waals surface area contributed by atoms with Crippen LogP contribution < -0.4 is 4.72 Å². The minimum Gasteiger partial charge on any atom is -0.279 e. The van der Waals surface area contributed by atoms with E-state index in [1.54, 1.807) is 24.3 Å². The van der Waals surface area contributed by atoms with Crippen LogP contribution in [0.2, 0.25) is 0 Å². The molecule has 0 atom stereocenters. The minimum absolute atomic E-state index is 0.196. The Bertz CT molecular complexity index is 776. The van der Waals surface area contributed by atoms with Crippen LogP contribution in [0.4, 0.5) is 5.69 Å². The van der Waals surface area contributed by atoms with Crippen molar-refractivity contribution in [1.29, 1.82) is 0 Å². The molecule has 1 N–H and O–H groups in total. The maximum Gasteiger partial charge on any atom is 0.263 e. The predicted octanol–water partition coefficient (Wildman–Crippen LogP) is 5.34. The molecule has 0 aromatic heterocycles. The van der Waals surface area contributed by atoms with Gasteiger partial charge in [0.15, 0.2) is 0 Å². The van der Waals surface area contributed by atoms with Crippen LogP contribution in [-0.4, -0.2) is 8.42 Å². The summed E-state index contributed by atoms with van der Waals surface area (Å²) >= 11 is 9.96. The molecule has 0 radical (unpaired) electrons. The summed E-state index contributed by atoms with van der Waals surface area (Å²) in [5.74, 6) is 0. The van der Waals surface area contributed by atoms with Gasteiger partial charge in [0.2, 0.25) is 0 Å². The minimum atomic E-state index is -3.65. The van der Waals surface area contributed by atoms with Crippen molar-refractivity contribution in [3.05, 3.63) is 55.4 Å². The van der Waals surface area contributed by atoms with Crippen molar-refractivity contribution in [2.45, 2.75) is 18.2 Å². The van der Waals surface area contributed by atoms with E-state index in [0.717, 1.165) is 16.5 Å². The second-order valence-corrected chi connectivity index (χ2v) is 8.67. The van der Waals surface area contributed by atoms with Crippen LogP contribution in [-0.2, 0) is 16.4 Å². The van der Waals surface area contributed by atoms with Crippen LogP contribution in [0.1, 0.15) is 12.5 Å². The van der Waals surface area contributed by atoms with Crippen LogP contribution in [0, 0.1) is 0 Å². The first-order chi connectivity index (χ1) is 9.83. The zero-order valence-corrected chi connectivity index (χ0v) is 16.6. The third-order valence-electron chi connectivity index (χ3n) is 2.88. The molecule has 21 heavy (non-hydrogen) atoms. The zero-order valence-electron chi connectivity index (χ0n) is 11.0. The number of benzene rings is 2. The number of anilines is 1. The Hall–Kier alpha value is -0.370. The third-order valence-corrected chi connectivity index (χ3v) is 6.22. The Kier molecular flexibility index (Phi) is 5.51. The first kappa shape index (κ1) is 17.0. The Morgan fingerprint density at radius 1 is 1.00 bits per heavy atom. The van der Waals surface area contributed by atoms with Crippen molar-refractivity contribution in [3.8, 4) is 0 Å². The Labute approximate surface area is 149 Å². The number of nitrogens with one attached hydrogen (secondary N) is 1. The van der Waals surface area contributed by atoms with Gasteiger partial charge in [-0.15, -0.1) is 0 Å². The summed E-state index contributed by atoms with van der Waals surface area (Å²) in [6.45, 7) is 1.98. The van der Waals surface area contributed by atoms with E-state index in [4.69, 9.17) is 0 Å². The molecule has 3 nitrogen and oxygen atoms in total. The highest BCUT2D eigenvalue weighted by Crippen LogP contribution is 2.29. The molecule has 0 amide bonds. The second kappa shape index (κ2) is 6.81. The average Bonchev–Trinajstić information content (AvgIpc) is 2.43. The van der Waals surface area contributed by atoms with Crippen LogP contribution in [0.3, 0.4) is 0 Å². The van der Waals surface area contributed by atoms with Crippen molar-refractivity contribution in [1.82, 2.24) is 0 Å². The fourth-order valence-electron chi connectivity index (χ4n) is 1.84. The summed E-state index contributed by atoms with van der Waals surface area (Å²) in [6.07, 6.45) is 0.733. The fraction of sp³-hybridized carbons (Fsp3) is 0.143. The quantitative estimate of drug-likeness (QED) is 0.620. The standard InChI is InChI=1S/C14H12Br3NO2S/c1-2-9-7-10(15)4-6-13(9)18-21(19,20)14-8-11(16)3-5-12(14)17/h3-8,18H,2H2,1H3. The van der Waals surface area contributed by atoms with Gasteiger partial charge in [-0.2, -0.15) is 0 Å². The molecule has 0 aliphatic heterocycles. The van der Waals surface area contributed by atoms with Gasteiger partial charge < -0.3 is 0 Å². The van der Waals surface area contributed by atoms with Gasteiger partial charge in [-0.25, -0.2) is 8.42 Å². The van der Waals surface area contributed by atoms with Gasteiger partial charge in [0, 0.05) is 13.4 Å². The SMILES string of the molecule is CCc1cc(Br)ccc1NS(=O)(=O)c1cc(Br)ccc1Br. The van der Waals surface area contributed by atoms with Crippen molar-refractivity contribution < 1.29 is 8.42 Å². The maximum atomic E-state index is 12.6. The molecule has 0 spiro atoms. The number of halogens is 3. The lowest BCUT2D eigenvalue weighted by atomic mass is 10.1. The van der Waals surface area contributed by atoms with Crippen molar-refractivity contribution >= 4 is 63.5 Å². The van der Waals surface area contributed by atoms with E-state index in [9.17, 15) is 8.42 Å². The zero-order chi connectivity index (χ0) is 15.6. The summed E-state index contributed by atoms with van der Waals surface area (Å²) in [4.78, 5) is 0.196. The highest BCUT2D eigenvalue weighted by molar-refractivity contribution is 9.11. The molecular formula is C14H12Br3NO2S. The summed E-state index contributed by atoms with van der Waals surface area (Å²) in [5, 5.41) is 0. The van der Waals surface area contributed by atoms with Crippen LogP contribution in [0.25, 0.3) is 0 Å². The maximum absolute atomic E-state index is 12.6. The number of rotatable bonds is 4. The first-order valence-corrected chi connectivity index (χ1v) is 9.96. The molecule has 0 heterocycles. The smallest absolute Gasteiger partial charge is 0.263 e. The number of hydrogen-bond acceptors (Lipinski definition) is 2. The van der Waals surface area contributed by atoms with Gasteiger partial charge in [0.05, 0.1) is 5.69 Å². The van der Waals surface area contributed by atoms with Gasteiger partial charge in [-0.05, 0) is 64.3 Å². The topological polar surface area (TPSA) is 46.2 Å². The molecule has 0 saturated heterocycles. The average molecular weight is 498 g/mol. The van der Waals surface area contributed by atoms with Gasteiger partial charge in [-0.1, -0.05) is 38.8 Å². The molecule has 112 valence electrons. The largest absolute Gasteiger partial charge is 0.279 e. The lowest BCUT2D eigenvalue weighted by molar-refractivity contribution is 0.600. The van der Waals surface area contributed by atoms with Crippen molar-refractivity contribution in [3.63, 3.8) is 0 Å². The van der Waals surface area contributed by atoms with Crippen molar-refractivity contribution in [2.75, 3.05) is 4.72 Å². The van der Waals surface area contributed by atoms with E-state index in [1.165, 1.54) is 0 Å². The number of hydrogen-bond donors (Lipinski definition) is 1. The Morgan fingerprint density at radius 2 is 1.62 bits per heavy atom. The molecule has 7 heteroatoms. The highest BCUT2D eigenvalue weighted by atomic mass is 79.9.